The number of fused-ring (bicyclic) bond motifs is 1. The summed E-state index contributed by atoms with van der Waals surface area (Å²) in [5.74, 6) is -2.47. The molecule has 0 amide bonds. The van der Waals surface area contributed by atoms with Crippen molar-refractivity contribution in [3.05, 3.63) is 0 Å². The monoisotopic (exact) mass is 541 g/mol. The predicted molar refractivity (Wildman–Crippen MR) is 119 cm³/mol. The highest BCUT2D eigenvalue weighted by Crippen LogP contribution is 2.45. The van der Waals surface area contributed by atoms with Crippen molar-refractivity contribution in [3.8, 4) is 0 Å². The highest BCUT2D eigenvalue weighted by atomic mass is 16.9. The van der Waals surface area contributed by atoms with E-state index in [9.17, 15) is 40.9 Å². The van der Waals surface area contributed by atoms with Crippen molar-refractivity contribution in [2.24, 2.45) is 5.73 Å². The van der Waals surface area contributed by atoms with E-state index in [0.717, 1.165) is 0 Å². The Hall–Kier alpha value is -0.640. The molecule has 1 saturated carbocycles. The number of rotatable bonds is 7. The summed E-state index contributed by atoms with van der Waals surface area (Å²) in [4.78, 5) is 0. The van der Waals surface area contributed by atoms with Gasteiger partial charge in [0.2, 0.25) is 0 Å². The number of aliphatic hydroxyl groups excluding tert-OH is 8. The zero-order valence-electron chi connectivity index (χ0n) is 20.5. The molecule has 0 aromatic carbocycles. The molecule has 3 heterocycles. The summed E-state index contributed by atoms with van der Waals surface area (Å²) in [5, 5.41) is 89.3. The minimum atomic E-state index is -2.47. The fraction of sp³-hybridized carbons (Fsp3) is 1.00. The maximum absolute atomic E-state index is 10.9. The molecule has 37 heavy (non-hydrogen) atoms. The second-order valence-corrected chi connectivity index (χ2v) is 9.95. The molecule has 0 aromatic rings. The molecule has 0 radical (unpaired) electrons. The lowest BCUT2D eigenvalue weighted by molar-refractivity contribution is -0.439. The number of likely N-dealkylation sites (N-methyl/N-ethyl adjacent to an activating group) is 2. The zero-order chi connectivity index (χ0) is 27.2. The van der Waals surface area contributed by atoms with Crippen LogP contribution in [0.2, 0.25) is 0 Å². The topological polar surface area (TPSA) is 258 Å². The van der Waals surface area contributed by atoms with Gasteiger partial charge in [-0.05, 0) is 20.5 Å². The molecule has 16 heteroatoms. The molecule has 16 nitrogen and oxygen atoms in total. The summed E-state index contributed by atoms with van der Waals surface area (Å²) in [7, 11) is 3.29. The van der Waals surface area contributed by atoms with Crippen molar-refractivity contribution in [3.63, 3.8) is 0 Å². The first-order chi connectivity index (χ1) is 17.5. The second kappa shape index (κ2) is 11.5. The van der Waals surface area contributed by atoms with Crippen LogP contribution < -0.4 is 16.4 Å². The molecule has 3 aliphatic heterocycles. The quantitative estimate of drug-likeness (QED) is 0.143. The van der Waals surface area contributed by atoms with Crippen molar-refractivity contribution < 1.29 is 64.5 Å². The maximum atomic E-state index is 10.9. The lowest BCUT2D eigenvalue weighted by Gasteiger charge is -2.46. The van der Waals surface area contributed by atoms with Gasteiger partial charge in [-0.2, -0.15) is 0 Å². The number of aliphatic hydroxyl groups is 8. The summed E-state index contributed by atoms with van der Waals surface area (Å²) < 4.78 is 29.0. The Bertz CT molecular complexity index is 755. The van der Waals surface area contributed by atoms with Crippen LogP contribution in [-0.2, 0) is 23.7 Å². The molecule has 1 spiro atoms. The van der Waals surface area contributed by atoms with Gasteiger partial charge in [0.05, 0.1) is 31.5 Å². The third-order valence-corrected chi connectivity index (χ3v) is 7.74. The molecule has 16 atom stereocenters. The van der Waals surface area contributed by atoms with Crippen molar-refractivity contribution >= 4 is 0 Å². The molecule has 0 bridgehead atoms. The predicted octanol–water partition coefficient (Wildman–Crippen LogP) is -7.01. The van der Waals surface area contributed by atoms with E-state index in [1.807, 2.05) is 0 Å². The minimum absolute atomic E-state index is 0.389. The van der Waals surface area contributed by atoms with Crippen molar-refractivity contribution in [2.45, 2.75) is 104 Å². The zero-order valence-corrected chi connectivity index (χ0v) is 20.5. The van der Waals surface area contributed by atoms with Gasteiger partial charge >= 0.3 is 5.97 Å². The SMILES string of the molecule is CN[C@H]1C[C@@H](NC)[C@H](O)C(O[C@@H]2O[C@H](CO)[C@H](O)[C@@H]3OC4(O[C@H]23)O[C@H](C(N)CO)[C@H](O)[C@@H](O)[C@H]4O)[C@@H]1O. The van der Waals surface area contributed by atoms with E-state index in [1.165, 1.54) is 0 Å². The highest BCUT2D eigenvalue weighted by molar-refractivity contribution is 5.05. The van der Waals surface area contributed by atoms with Crippen LogP contribution in [0.4, 0.5) is 0 Å². The fourth-order valence-electron chi connectivity index (χ4n) is 5.48. The van der Waals surface area contributed by atoms with Crippen LogP contribution >= 0.6 is 0 Å². The van der Waals surface area contributed by atoms with Gasteiger partial charge in [0.15, 0.2) is 12.4 Å². The van der Waals surface area contributed by atoms with E-state index in [2.05, 4.69) is 10.6 Å². The largest absolute Gasteiger partial charge is 0.395 e. The van der Waals surface area contributed by atoms with Crippen LogP contribution in [0.5, 0.6) is 0 Å². The second-order valence-electron chi connectivity index (χ2n) is 9.95. The normalized spacial score (nSPS) is 53.3. The van der Waals surface area contributed by atoms with Crippen LogP contribution in [-0.4, -0.2) is 166 Å². The Morgan fingerprint density at radius 1 is 0.865 bits per heavy atom. The third kappa shape index (κ3) is 5.04. The highest BCUT2D eigenvalue weighted by Gasteiger charge is 2.67. The Labute approximate surface area is 212 Å². The lowest BCUT2D eigenvalue weighted by Crippen LogP contribution is -2.69. The van der Waals surface area contributed by atoms with Crippen LogP contribution in [0.1, 0.15) is 6.42 Å². The summed E-state index contributed by atoms with van der Waals surface area (Å²) in [6.45, 7) is -1.31. The van der Waals surface area contributed by atoms with Crippen molar-refractivity contribution in [1.82, 2.24) is 10.6 Å². The number of ether oxygens (including phenoxy) is 5. The molecule has 4 aliphatic rings. The molecule has 3 unspecified atom stereocenters. The number of nitrogens with two attached hydrogens (primary N) is 1. The number of hydrogen-bond acceptors (Lipinski definition) is 16. The van der Waals surface area contributed by atoms with Gasteiger partial charge in [0.1, 0.15) is 48.8 Å². The van der Waals surface area contributed by atoms with Crippen molar-refractivity contribution in [2.75, 3.05) is 27.3 Å². The van der Waals surface area contributed by atoms with Crippen molar-refractivity contribution in [1.29, 1.82) is 0 Å². The van der Waals surface area contributed by atoms with Crippen LogP contribution in [0.15, 0.2) is 0 Å². The summed E-state index contributed by atoms with van der Waals surface area (Å²) in [6.07, 6.45) is -17.2. The maximum Gasteiger partial charge on any atom is 0.314 e. The lowest BCUT2D eigenvalue weighted by atomic mass is 9.83. The summed E-state index contributed by atoms with van der Waals surface area (Å²) >= 11 is 0. The molecule has 0 aromatic heterocycles. The van der Waals surface area contributed by atoms with E-state index in [-0.39, 0.29) is 0 Å². The summed E-state index contributed by atoms with van der Waals surface area (Å²) in [5.41, 5.74) is 5.81. The Morgan fingerprint density at radius 3 is 2.00 bits per heavy atom. The first-order valence-electron chi connectivity index (χ1n) is 12.3. The molecular weight excluding hydrogens is 502 g/mol. The number of nitrogens with one attached hydrogen (secondary N) is 2. The van der Waals surface area contributed by atoms with Crippen LogP contribution in [0.25, 0.3) is 0 Å². The van der Waals surface area contributed by atoms with Gasteiger partial charge in [-0.3, -0.25) is 0 Å². The van der Waals surface area contributed by atoms with E-state index in [1.54, 1.807) is 14.1 Å². The Kier molecular flexibility index (Phi) is 9.09. The molecule has 3 saturated heterocycles. The Morgan fingerprint density at radius 2 is 1.46 bits per heavy atom. The number of hydrogen-bond donors (Lipinski definition) is 11. The molecule has 216 valence electrons. The molecule has 4 rings (SSSR count). The van der Waals surface area contributed by atoms with Gasteiger partial charge in [-0.15, -0.1) is 0 Å². The van der Waals surface area contributed by atoms with E-state index in [4.69, 9.17) is 29.4 Å². The third-order valence-electron chi connectivity index (χ3n) is 7.74. The van der Waals surface area contributed by atoms with E-state index < -0.39 is 111 Å². The van der Waals surface area contributed by atoms with E-state index >= 15 is 0 Å². The molecule has 4 fully saturated rings. The van der Waals surface area contributed by atoms with Gasteiger partial charge in [-0.25, -0.2) is 0 Å². The van der Waals surface area contributed by atoms with E-state index in [0.29, 0.717) is 6.42 Å². The van der Waals surface area contributed by atoms with Gasteiger partial charge in [0.25, 0.3) is 0 Å². The Balaban J connectivity index is 1.63. The molecule has 1 aliphatic carbocycles. The molecular formula is C21H39N3O13. The van der Waals surface area contributed by atoms with Gasteiger partial charge < -0.3 is 80.9 Å². The first kappa shape index (κ1) is 29.3. The first-order valence-corrected chi connectivity index (χ1v) is 12.3. The minimum Gasteiger partial charge on any atom is -0.395 e. The smallest absolute Gasteiger partial charge is 0.314 e. The summed E-state index contributed by atoms with van der Waals surface area (Å²) in [6, 6.07) is -2.12. The molecule has 12 N–H and O–H groups in total. The van der Waals surface area contributed by atoms with Gasteiger partial charge in [-0.1, -0.05) is 0 Å². The standard InChI is InChI=1S/C21H39N3O13/c1-23-7-3-8(24-2)11(28)16(10(7)27)34-20-18-17(12(29)9(5-26)33-20)36-21(37-18)19(32)14(31)13(30)15(35-21)6(22)4-25/h6-20,23-32H,3-5,22H2,1-2H3/t6?,7-,8+,9-,10+,11-,12+,13-,14-,15-,16?,17+,18+,19-,20+,21?/m1/s1. The van der Waals surface area contributed by atoms with Crippen LogP contribution in [0, 0.1) is 0 Å². The average molecular weight is 542 g/mol. The fourth-order valence-corrected chi connectivity index (χ4v) is 5.48. The van der Waals surface area contributed by atoms with Crippen LogP contribution in [0.3, 0.4) is 0 Å². The average Bonchev–Trinajstić information content (AvgIpc) is 3.29. The van der Waals surface area contributed by atoms with Gasteiger partial charge in [0, 0.05) is 12.1 Å².